The number of rotatable bonds is 7. The first kappa shape index (κ1) is 24.6. The Labute approximate surface area is 199 Å². The molecule has 0 aromatic heterocycles. The molecule has 0 heterocycles. The van der Waals surface area contributed by atoms with Crippen molar-refractivity contribution in [3.8, 4) is 11.5 Å². The number of esters is 1. The molecular formula is C28H33F3O3. The molecule has 2 aliphatic carbocycles. The van der Waals surface area contributed by atoms with E-state index < -0.39 is 29.2 Å². The Morgan fingerprint density at radius 1 is 0.794 bits per heavy atom. The highest BCUT2D eigenvalue weighted by Gasteiger charge is 2.30. The van der Waals surface area contributed by atoms with Crippen LogP contribution in [0.15, 0.2) is 36.4 Å². The van der Waals surface area contributed by atoms with E-state index in [2.05, 4.69) is 6.92 Å². The van der Waals surface area contributed by atoms with Gasteiger partial charge in [-0.25, -0.2) is 18.0 Å². The molecule has 184 valence electrons. The van der Waals surface area contributed by atoms with Crippen LogP contribution in [0.3, 0.4) is 0 Å². The van der Waals surface area contributed by atoms with Gasteiger partial charge in [0.15, 0.2) is 17.5 Å². The summed E-state index contributed by atoms with van der Waals surface area (Å²) in [6, 6.07) is 7.72. The summed E-state index contributed by atoms with van der Waals surface area (Å²) in [5, 5.41) is 0. The Bertz CT molecular complexity index is 936. The van der Waals surface area contributed by atoms with Gasteiger partial charge in [0.05, 0.1) is 12.2 Å². The van der Waals surface area contributed by atoms with E-state index in [1.54, 1.807) is 12.1 Å². The fourth-order valence-electron chi connectivity index (χ4n) is 5.55. The molecule has 0 N–H and O–H groups in total. The van der Waals surface area contributed by atoms with Gasteiger partial charge in [-0.05, 0) is 86.5 Å². The molecule has 0 saturated heterocycles. The number of hydrogen-bond acceptors (Lipinski definition) is 3. The third-order valence-corrected chi connectivity index (χ3v) is 7.77. The fraction of sp³-hybridized carbons (Fsp3) is 0.536. The van der Waals surface area contributed by atoms with Crippen molar-refractivity contribution < 1.29 is 27.4 Å². The zero-order chi connectivity index (χ0) is 24.1. The van der Waals surface area contributed by atoms with Crippen LogP contribution < -0.4 is 9.47 Å². The molecule has 3 nitrogen and oxygen atoms in total. The maximum Gasteiger partial charge on any atom is 0.343 e. The van der Waals surface area contributed by atoms with Crippen LogP contribution in [-0.2, 0) is 0 Å². The second kappa shape index (κ2) is 11.3. The predicted molar refractivity (Wildman–Crippen MR) is 124 cm³/mol. The zero-order valence-corrected chi connectivity index (χ0v) is 19.7. The zero-order valence-electron chi connectivity index (χ0n) is 19.7. The number of carbonyl (C=O) groups is 1. The standard InChI is InChI=1S/C28H33F3O3/c1-2-18-3-7-20(8-4-18)21-9-5-19(6-10-21)17-33-23-13-11-22(12-14-23)28(32)34-24-15-25(29)27(31)26(30)16-24/h11-16,18-21H,2-10,17H2,1H3/t18-,19-,20-,21-. The molecule has 0 aliphatic heterocycles. The van der Waals surface area contributed by atoms with E-state index in [9.17, 15) is 18.0 Å². The summed E-state index contributed by atoms with van der Waals surface area (Å²) in [6.45, 7) is 2.97. The highest BCUT2D eigenvalue weighted by atomic mass is 19.2. The Morgan fingerprint density at radius 2 is 1.32 bits per heavy atom. The molecule has 4 rings (SSSR count). The molecule has 0 radical (unpaired) electrons. The number of hydrogen-bond donors (Lipinski definition) is 0. The Balaban J connectivity index is 1.21. The van der Waals surface area contributed by atoms with Crippen molar-refractivity contribution in [1.29, 1.82) is 0 Å². The predicted octanol–water partition coefficient (Wildman–Crippen LogP) is 7.72. The highest BCUT2D eigenvalue weighted by molar-refractivity contribution is 5.91. The Kier molecular flexibility index (Phi) is 8.17. The Hall–Kier alpha value is -2.50. The SMILES string of the molecule is CC[C@H]1CC[C@H]([C@H]2CC[C@H](COc3ccc(C(=O)Oc4cc(F)c(F)c(F)c4)cc3)CC2)CC1. The van der Waals surface area contributed by atoms with Gasteiger partial charge in [-0.1, -0.05) is 26.2 Å². The van der Waals surface area contributed by atoms with Crippen molar-refractivity contribution >= 4 is 5.97 Å². The van der Waals surface area contributed by atoms with Gasteiger partial charge in [0.1, 0.15) is 11.5 Å². The van der Waals surface area contributed by atoms with E-state index >= 15 is 0 Å². The van der Waals surface area contributed by atoms with Crippen LogP contribution in [0.2, 0.25) is 0 Å². The quantitative estimate of drug-likeness (QED) is 0.234. The van der Waals surface area contributed by atoms with E-state index in [-0.39, 0.29) is 5.56 Å². The number of benzene rings is 2. The molecular weight excluding hydrogens is 441 g/mol. The molecule has 2 fully saturated rings. The van der Waals surface area contributed by atoms with E-state index in [0.29, 0.717) is 30.4 Å². The van der Waals surface area contributed by atoms with E-state index in [0.717, 1.165) is 17.8 Å². The van der Waals surface area contributed by atoms with Crippen LogP contribution in [0, 0.1) is 41.1 Å². The lowest BCUT2D eigenvalue weighted by molar-refractivity contribution is 0.0733. The first-order valence-electron chi connectivity index (χ1n) is 12.5. The van der Waals surface area contributed by atoms with Gasteiger partial charge in [0, 0.05) is 12.1 Å². The topological polar surface area (TPSA) is 35.5 Å². The van der Waals surface area contributed by atoms with Gasteiger partial charge >= 0.3 is 5.97 Å². The lowest BCUT2D eigenvalue weighted by atomic mass is 9.69. The van der Waals surface area contributed by atoms with Gasteiger partial charge in [-0.3, -0.25) is 0 Å². The molecule has 34 heavy (non-hydrogen) atoms. The normalized spacial score (nSPS) is 25.1. The molecule has 0 amide bonds. The van der Waals surface area contributed by atoms with Gasteiger partial charge in [0.2, 0.25) is 0 Å². The van der Waals surface area contributed by atoms with Crippen LogP contribution in [0.5, 0.6) is 11.5 Å². The third-order valence-electron chi connectivity index (χ3n) is 7.77. The summed E-state index contributed by atoms with van der Waals surface area (Å²) in [5.74, 6) is -1.65. The maximum absolute atomic E-state index is 13.3. The summed E-state index contributed by atoms with van der Waals surface area (Å²) in [7, 11) is 0. The van der Waals surface area contributed by atoms with Crippen molar-refractivity contribution in [2.24, 2.45) is 23.7 Å². The van der Waals surface area contributed by atoms with E-state index in [1.165, 1.54) is 69.9 Å². The number of carbonyl (C=O) groups excluding carboxylic acids is 1. The second-order valence-electron chi connectivity index (χ2n) is 9.90. The van der Waals surface area contributed by atoms with Crippen molar-refractivity contribution in [2.75, 3.05) is 6.61 Å². The van der Waals surface area contributed by atoms with Crippen molar-refractivity contribution in [2.45, 2.75) is 64.7 Å². The highest BCUT2D eigenvalue weighted by Crippen LogP contribution is 2.42. The van der Waals surface area contributed by atoms with Crippen molar-refractivity contribution in [3.05, 3.63) is 59.4 Å². The number of ether oxygens (including phenoxy) is 2. The van der Waals surface area contributed by atoms with Gasteiger partial charge in [-0.2, -0.15) is 0 Å². The molecule has 6 heteroatoms. The molecule has 0 unspecified atom stereocenters. The Morgan fingerprint density at radius 3 is 1.85 bits per heavy atom. The minimum atomic E-state index is -1.60. The molecule has 2 saturated carbocycles. The largest absolute Gasteiger partial charge is 0.493 e. The van der Waals surface area contributed by atoms with Gasteiger partial charge in [0.25, 0.3) is 0 Å². The molecule has 2 aromatic carbocycles. The monoisotopic (exact) mass is 474 g/mol. The molecule has 2 aromatic rings. The minimum absolute atomic E-state index is 0.204. The number of halogens is 3. The summed E-state index contributed by atoms with van der Waals surface area (Å²) >= 11 is 0. The van der Waals surface area contributed by atoms with Crippen molar-refractivity contribution in [3.63, 3.8) is 0 Å². The van der Waals surface area contributed by atoms with E-state index in [4.69, 9.17) is 9.47 Å². The second-order valence-corrected chi connectivity index (χ2v) is 9.90. The first-order chi connectivity index (χ1) is 16.4. The van der Waals surface area contributed by atoms with Crippen LogP contribution in [0.25, 0.3) is 0 Å². The summed E-state index contributed by atoms with van der Waals surface area (Å²) in [5.41, 5.74) is 0.204. The lowest BCUT2D eigenvalue weighted by Gasteiger charge is -2.37. The summed E-state index contributed by atoms with van der Waals surface area (Å²) < 4.78 is 50.6. The van der Waals surface area contributed by atoms with Gasteiger partial charge < -0.3 is 9.47 Å². The lowest BCUT2D eigenvalue weighted by Crippen LogP contribution is -2.27. The molecule has 0 spiro atoms. The average molecular weight is 475 g/mol. The molecule has 0 bridgehead atoms. The molecule has 2 aliphatic rings. The van der Waals surface area contributed by atoms with Crippen LogP contribution in [0.4, 0.5) is 13.2 Å². The molecule has 0 atom stereocenters. The summed E-state index contributed by atoms with van der Waals surface area (Å²) in [6.07, 6.45) is 12.0. The first-order valence-corrected chi connectivity index (χ1v) is 12.5. The fourth-order valence-corrected chi connectivity index (χ4v) is 5.55. The summed E-state index contributed by atoms with van der Waals surface area (Å²) in [4.78, 5) is 12.2. The smallest absolute Gasteiger partial charge is 0.343 e. The third kappa shape index (κ3) is 6.13. The van der Waals surface area contributed by atoms with E-state index in [1.807, 2.05) is 0 Å². The van der Waals surface area contributed by atoms with Crippen LogP contribution in [0.1, 0.15) is 75.1 Å². The van der Waals surface area contributed by atoms with Gasteiger partial charge in [-0.15, -0.1) is 0 Å². The van der Waals surface area contributed by atoms with Crippen molar-refractivity contribution in [1.82, 2.24) is 0 Å². The van der Waals surface area contributed by atoms with Crippen LogP contribution >= 0.6 is 0 Å². The van der Waals surface area contributed by atoms with Crippen LogP contribution in [-0.4, -0.2) is 12.6 Å². The minimum Gasteiger partial charge on any atom is -0.493 e. The maximum atomic E-state index is 13.3. The average Bonchev–Trinajstić information content (AvgIpc) is 2.86.